The summed E-state index contributed by atoms with van der Waals surface area (Å²) in [6, 6.07) is 7.40. The Morgan fingerprint density at radius 3 is 2.50 bits per heavy atom. The van der Waals surface area contributed by atoms with Crippen LogP contribution in [0.15, 0.2) is 24.3 Å². The molecule has 0 amide bonds. The van der Waals surface area contributed by atoms with Gasteiger partial charge in [0.2, 0.25) is 5.88 Å². The molecule has 1 aromatic heterocycles. The molecule has 6 nitrogen and oxygen atoms in total. The van der Waals surface area contributed by atoms with Crippen LogP contribution < -0.4 is 14.8 Å². The van der Waals surface area contributed by atoms with Crippen LogP contribution in [0.1, 0.15) is 22.9 Å². The van der Waals surface area contributed by atoms with E-state index < -0.39 is 6.10 Å². The zero-order chi connectivity index (χ0) is 16.1. The van der Waals surface area contributed by atoms with Gasteiger partial charge >= 0.3 is 0 Å². The number of aliphatic hydroxyl groups excluding tert-OH is 1. The zero-order valence-corrected chi connectivity index (χ0v) is 13.5. The van der Waals surface area contributed by atoms with Crippen LogP contribution in [0.25, 0.3) is 0 Å². The van der Waals surface area contributed by atoms with E-state index in [1.165, 1.54) is 0 Å². The minimum absolute atomic E-state index is 0.448. The third kappa shape index (κ3) is 3.58. The van der Waals surface area contributed by atoms with Crippen molar-refractivity contribution >= 4 is 0 Å². The molecule has 0 saturated heterocycles. The standard InChI is InChI=1S/C16H23N3O3/c1-11-14(16(22-4)19(2)18-11)9-17-10-15(20)12-5-7-13(21-3)8-6-12/h5-8,15,17,20H,9-10H2,1-4H3/t15-/m0/s1. The van der Waals surface area contributed by atoms with Gasteiger partial charge in [-0.15, -0.1) is 0 Å². The SMILES string of the molecule is COc1ccc([C@@H](O)CNCc2c(C)nn(C)c2OC)cc1. The molecule has 0 aliphatic heterocycles. The number of aryl methyl sites for hydroxylation is 2. The van der Waals surface area contributed by atoms with E-state index >= 15 is 0 Å². The molecule has 0 aliphatic carbocycles. The fourth-order valence-corrected chi connectivity index (χ4v) is 2.42. The van der Waals surface area contributed by atoms with Crippen LogP contribution in [0.3, 0.4) is 0 Å². The third-order valence-electron chi connectivity index (χ3n) is 3.62. The van der Waals surface area contributed by atoms with Gasteiger partial charge in [0.05, 0.1) is 31.6 Å². The van der Waals surface area contributed by atoms with E-state index in [2.05, 4.69) is 10.4 Å². The van der Waals surface area contributed by atoms with E-state index in [1.54, 1.807) is 18.9 Å². The van der Waals surface area contributed by atoms with Crippen LogP contribution in [0.5, 0.6) is 11.6 Å². The number of rotatable bonds is 7. The number of benzene rings is 1. The molecule has 0 spiro atoms. The van der Waals surface area contributed by atoms with Crippen LogP contribution in [0.2, 0.25) is 0 Å². The van der Waals surface area contributed by atoms with Gasteiger partial charge in [0, 0.05) is 20.1 Å². The van der Waals surface area contributed by atoms with E-state index in [4.69, 9.17) is 9.47 Å². The molecule has 22 heavy (non-hydrogen) atoms. The second-order valence-electron chi connectivity index (χ2n) is 5.12. The first kappa shape index (κ1) is 16.3. The Morgan fingerprint density at radius 1 is 1.23 bits per heavy atom. The summed E-state index contributed by atoms with van der Waals surface area (Å²) in [5.74, 6) is 1.52. The molecule has 0 fully saturated rings. The highest BCUT2D eigenvalue weighted by Crippen LogP contribution is 2.21. The number of aromatic nitrogens is 2. The van der Waals surface area contributed by atoms with Crippen molar-refractivity contribution in [2.45, 2.75) is 19.6 Å². The smallest absolute Gasteiger partial charge is 0.216 e. The Labute approximate surface area is 130 Å². The molecule has 2 N–H and O–H groups in total. The van der Waals surface area contributed by atoms with Gasteiger partial charge in [-0.25, -0.2) is 4.68 Å². The number of hydrogen-bond donors (Lipinski definition) is 2. The topological polar surface area (TPSA) is 68.5 Å². The number of aliphatic hydroxyl groups is 1. The van der Waals surface area contributed by atoms with Crippen LogP contribution in [-0.4, -0.2) is 35.7 Å². The van der Waals surface area contributed by atoms with Crippen molar-refractivity contribution in [2.75, 3.05) is 20.8 Å². The molecular formula is C16H23N3O3. The van der Waals surface area contributed by atoms with Crippen molar-refractivity contribution < 1.29 is 14.6 Å². The highest BCUT2D eigenvalue weighted by molar-refractivity contribution is 5.31. The van der Waals surface area contributed by atoms with Crippen molar-refractivity contribution in [1.29, 1.82) is 0 Å². The van der Waals surface area contributed by atoms with Gasteiger partial charge in [-0.05, 0) is 24.6 Å². The van der Waals surface area contributed by atoms with Gasteiger partial charge in [-0.3, -0.25) is 0 Å². The predicted octanol–water partition coefficient (Wildman–Crippen LogP) is 1.57. The minimum Gasteiger partial charge on any atom is -0.497 e. The summed E-state index contributed by atoms with van der Waals surface area (Å²) in [6.07, 6.45) is -0.575. The first-order chi connectivity index (χ1) is 10.6. The summed E-state index contributed by atoms with van der Waals surface area (Å²) in [6.45, 7) is 2.99. The lowest BCUT2D eigenvalue weighted by Gasteiger charge is -2.13. The number of hydrogen-bond acceptors (Lipinski definition) is 5. The molecule has 6 heteroatoms. The highest BCUT2D eigenvalue weighted by Gasteiger charge is 2.14. The molecule has 2 rings (SSSR count). The third-order valence-corrected chi connectivity index (χ3v) is 3.62. The molecule has 0 radical (unpaired) electrons. The van der Waals surface area contributed by atoms with E-state index in [1.807, 2.05) is 38.2 Å². The van der Waals surface area contributed by atoms with E-state index in [0.29, 0.717) is 13.1 Å². The van der Waals surface area contributed by atoms with Gasteiger partial charge in [0.1, 0.15) is 5.75 Å². The van der Waals surface area contributed by atoms with Crippen LogP contribution in [0.4, 0.5) is 0 Å². The first-order valence-electron chi connectivity index (χ1n) is 7.16. The first-order valence-corrected chi connectivity index (χ1v) is 7.16. The average Bonchev–Trinajstić information content (AvgIpc) is 2.80. The Balaban J connectivity index is 1.93. The van der Waals surface area contributed by atoms with E-state index in [9.17, 15) is 5.11 Å². The molecule has 0 bridgehead atoms. The van der Waals surface area contributed by atoms with Gasteiger partial charge < -0.3 is 19.9 Å². The lowest BCUT2D eigenvalue weighted by Crippen LogP contribution is -2.21. The molecule has 1 heterocycles. The molecule has 1 atom stereocenters. The lowest BCUT2D eigenvalue weighted by atomic mass is 10.1. The second-order valence-corrected chi connectivity index (χ2v) is 5.12. The number of ether oxygens (including phenoxy) is 2. The van der Waals surface area contributed by atoms with Crippen molar-refractivity contribution in [3.05, 3.63) is 41.1 Å². The van der Waals surface area contributed by atoms with Gasteiger partial charge in [0.25, 0.3) is 0 Å². The summed E-state index contributed by atoms with van der Waals surface area (Å²) in [5.41, 5.74) is 2.78. The Hall–Kier alpha value is -2.05. The molecular weight excluding hydrogens is 282 g/mol. The fraction of sp³-hybridized carbons (Fsp3) is 0.438. The Bertz CT molecular complexity index is 608. The minimum atomic E-state index is -0.575. The maximum absolute atomic E-state index is 10.2. The maximum atomic E-state index is 10.2. The monoisotopic (exact) mass is 305 g/mol. The highest BCUT2D eigenvalue weighted by atomic mass is 16.5. The van der Waals surface area contributed by atoms with Gasteiger partial charge in [-0.1, -0.05) is 12.1 Å². The molecule has 1 aromatic carbocycles. The Kier molecular flexibility index (Phi) is 5.41. The average molecular weight is 305 g/mol. The van der Waals surface area contributed by atoms with Crippen molar-refractivity contribution in [2.24, 2.45) is 7.05 Å². The molecule has 0 aliphatic rings. The van der Waals surface area contributed by atoms with E-state index in [-0.39, 0.29) is 0 Å². The Morgan fingerprint density at radius 2 is 1.91 bits per heavy atom. The summed E-state index contributed by atoms with van der Waals surface area (Å²) in [7, 11) is 5.10. The van der Waals surface area contributed by atoms with Gasteiger partial charge in [0.15, 0.2) is 0 Å². The van der Waals surface area contributed by atoms with Gasteiger partial charge in [-0.2, -0.15) is 5.10 Å². The fourth-order valence-electron chi connectivity index (χ4n) is 2.42. The maximum Gasteiger partial charge on any atom is 0.216 e. The largest absolute Gasteiger partial charge is 0.497 e. The van der Waals surface area contributed by atoms with Crippen molar-refractivity contribution in [3.8, 4) is 11.6 Å². The van der Waals surface area contributed by atoms with Crippen molar-refractivity contribution in [3.63, 3.8) is 0 Å². The zero-order valence-electron chi connectivity index (χ0n) is 13.5. The predicted molar refractivity (Wildman–Crippen MR) is 84.2 cm³/mol. The second kappa shape index (κ2) is 7.29. The summed E-state index contributed by atoms with van der Waals surface area (Å²) in [4.78, 5) is 0. The van der Waals surface area contributed by atoms with Crippen LogP contribution in [0, 0.1) is 6.92 Å². The number of nitrogens with one attached hydrogen (secondary N) is 1. The van der Waals surface area contributed by atoms with Crippen LogP contribution in [-0.2, 0) is 13.6 Å². The van der Waals surface area contributed by atoms with Crippen molar-refractivity contribution in [1.82, 2.24) is 15.1 Å². The van der Waals surface area contributed by atoms with Crippen LogP contribution >= 0.6 is 0 Å². The molecule has 120 valence electrons. The molecule has 2 aromatic rings. The summed E-state index contributed by atoms with van der Waals surface area (Å²) < 4.78 is 12.2. The summed E-state index contributed by atoms with van der Waals surface area (Å²) >= 11 is 0. The quantitative estimate of drug-likeness (QED) is 0.812. The molecule has 0 saturated carbocycles. The van der Waals surface area contributed by atoms with E-state index in [0.717, 1.165) is 28.5 Å². The molecule has 0 unspecified atom stereocenters. The lowest BCUT2D eigenvalue weighted by molar-refractivity contribution is 0.174. The number of nitrogens with zero attached hydrogens (tertiary/aromatic N) is 2. The normalized spacial score (nSPS) is 12.2. The summed E-state index contributed by atoms with van der Waals surface area (Å²) in [5, 5.41) is 17.8. The number of methoxy groups -OCH3 is 2.